The van der Waals surface area contributed by atoms with E-state index in [-0.39, 0.29) is 0 Å². The Morgan fingerprint density at radius 1 is 0.269 bits per heavy atom. The molecule has 9 aromatic rings. The lowest BCUT2D eigenvalue weighted by Gasteiger charge is -2.14. The predicted octanol–water partition coefficient (Wildman–Crippen LogP) is 12.1. The molecule has 52 heavy (non-hydrogen) atoms. The molecule has 0 N–H and O–H groups in total. The smallest absolute Gasteiger partial charge is 0.160 e. The van der Waals surface area contributed by atoms with Crippen molar-refractivity contribution in [2.45, 2.75) is 0 Å². The fraction of sp³-hybridized carbons (Fsp3) is 0. The van der Waals surface area contributed by atoms with Gasteiger partial charge in [-0.2, -0.15) is 0 Å². The molecule has 4 nitrogen and oxygen atoms in total. The zero-order valence-corrected chi connectivity index (χ0v) is 28.3. The van der Waals surface area contributed by atoms with Crippen LogP contribution < -0.4 is 0 Å². The summed E-state index contributed by atoms with van der Waals surface area (Å²) in [5.74, 6) is 1.35. The van der Waals surface area contributed by atoms with Crippen LogP contribution in [0, 0.1) is 0 Å². The second kappa shape index (κ2) is 13.7. The molecule has 0 saturated heterocycles. The first kappa shape index (κ1) is 31.0. The van der Waals surface area contributed by atoms with Crippen LogP contribution >= 0.6 is 0 Å². The topological polar surface area (TPSA) is 51.6 Å². The second-order valence-electron chi connectivity index (χ2n) is 12.7. The minimum absolute atomic E-state index is 0.675. The zero-order chi connectivity index (χ0) is 34.7. The van der Waals surface area contributed by atoms with Crippen LogP contribution in [0.4, 0.5) is 0 Å². The molecule has 0 bridgehead atoms. The first-order valence-corrected chi connectivity index (χ1v) is 17.4. The van der Waals surface area contributed by atoms with Gasteiger partial charge >= 0.3 is 0 Å². The van der Waals surface area contributed by atoms with E-state index >= 15 is 0 Å². The van der Waals surface area contributed by atoms with Crippen LogP contribution in [-0.2, 0) is 0 Å². The van der Waals surface area contributed by atoms with E-state index in [2.05, 4.69) is 152 Å². The number of hydrogen-bond donors (Lipinski definition) is 0. The van der Waals surface area contributed by atoms with E-state index in [9.17, 15) is 0 Å². The zero-order valence-electron chi connectivity index (χ0n) is 28.3. The highest BCUT2D eigenvalue weighted by molar-refractivity contribution is 5.98. The van der Waals surface area contributed by atoms with E-state index in [1.165, 1.54) is 0 Å². The van der Waals surface area contributed by atoms with Gasteiger partial charge in [-0.05, 0) is 40.5 Å². The maximum absolute atomic E-state index is 5.23. The van der Waals surface area contributed by atoms with Crippen LogP contribution in [0.2, 0.25) is 0 Å². The third kappa shape index (κ3) is 6.14. The molecular weight excluding hydrogens is 633 g/mol. The first-order valence-electron chi connectivity index (χ1n) is 17.4. The van der Waals surface area contributed by atoms with E-state index in [0.29, 0.717) is 11.6 Å². The van der Waals surface area contributed by atoms with E-state index in [1.54, 1.807) is 0 Å². The summed E-state index contributed by atoms with van der Waals surface area (Å²) >= 11 is 0. The van der Waals surface area contributed by atoms with Gasteiger partial charge < -0.3 is 0 Å². The van der Waals surface area contributed by atoms with Crippen LogP contribution in [-0.4, -0.2) is 19.9 Å². The number of para-hydroxylation sites is 1. The van der Waals surface area contributed by atoms with Crippen LogP contribution in [0.15, 0.2) is 194 Å². The van der Waals surface area contributed by atoms with Crippen LogP contribution in [0.1, 0.15) is 0 Å². The van der Waals surface area contributed by atoms with Crippen molar-refractivity contribution in [3.05, 3.63) is 194 Å². The molecule has 2 heterocycles. The Kier molecular flexibility index (Phi) is 8.16. The van der Waals surface area contributed by atoms with Crippen molar-refractivity contribution in [1.29, 1.82) is 0 Å². The van der Waals surface area contributed by atoms with E-state index in [0.717, 1.165) is 78.1 Å². The Balaban J connectivity index is 1.13. The molecule has 0 amide bonds. The molecule has 7 aromatic carbocycles. The van der Waals surface area contributed by atoms with Gasteiger partial charge in [0, 0.05) is 33.2 Å². The summed E-state index contributed by atoms with van der Waals surface area (Å²) in [7, 11) is 0. The molecule has 0 aliphatic carbocycles. The number of benzene rings is 7. The van der Waals surface area contributed by atoms with Gasteiger partial charge in [-0.1, -0.05) is 176 Å². The Morgan fingerprint density at radius 3 is 1.48 bits per heavy atom. The number of aromatic nitrogens is 4. The van der Waals surface area contributed by atoms with Gasteiger partial charge in [0.25, 0.3) is 0 Å². The fourth-order valence-corrected chi connectivity index (χ4v) is 6.71. The number of fused-ring (bicyclic) bond motifs is 1. The van der Waals surface area contributed by atoms with E-state index in [1.807, 2.05) is 42.5 Å². The number of rotatable bonds is 7. The standard InChI is InChI=1S/C48H32N4/c1-4-15-33(16-5-1)38-21-14-22-39(31-38)48-50-44(35-19-8-3-9-20-35)32-45(51-48)36-27-29-37(30-28-36)47-49-43-26-13-12-25-42(43)46(52-47)41-24-11-10-23-40(41)34-17-6-2-7-18-34/h1-32H. The SMILES string of the molecule is c1ccc(-c2cccc(-c3nc(-c4ccccc4)cc(-c4ccc(-c5nc(-c6ccccc6-c6ccccc6)c6ccccc6n5)cc4)n3)c2)cc1. The van der Waals surface area contributed by atoms with Crippen molar-refractivity contribution < 1.29 is 0 Å². The Bertz CT molecular complexity index is 2650. The monoisotopic (exact) mass is 664 g/mol. The molecule has 244 valence electrons. The average Bonchev–Trinajstić information content (AvgIpc) is 3.24. The van der Waals surface area contributed by atoms with Gasteiger partial charge in [0.05, 0.1) is 22.6 Å². The highest BCUT2D eigenvalue weighted by Crippen LogP contribution is 2.36. The highest BCUT2D eigenvalue weighted by Gasteiger charge is 2.16. The van der Waals surface area contributed by atoms with Crippen molar-refractivity contribution in [3.8, 4) is 78.8 Å². The van der Waals surface area contributed by atoms with Crippen molar-refractivity contribution in [1.82, 2.24) is 19.9 Å². The molecule has 2 aromatic heterocycles. The summed E-state index contributed by atoms with van der Waals surface area (Å²) in [6.45, 7) is 0. The average molecular weight is 665 g/mol. The van der Waals surface area contributed by atoms with Crippen molar-refractivity contribution in [2.24, 2.45) is 0 Å². The van der Waals surface area contributed by atoms with Crippen LogP contribution in [0.5, 0.6) is 0 Å². The molecule has 0 spiro atoms. The lowest BCUT2D eigenvalue weighted by Crippen LogP contribution is -1.97. The van der Waals surface area contributed by atoms with Crippen molar-refractivity contribution >= 4 is 10.9 Å². The Hall–Kier alpha value is -7.04. The lowest BCUT2D eigenvalue weighted by molar-refractivity contribution is 1.18. The van der Waals surface area contributed by atoms with Gasteiger partial charge in [-0.15, -0.1) is 0 Å². The number of nitrogens with zero attached hydrogens (tertiary/aromatic N) is 4. The predicted molar refractivity (Wildman–Crippen MR) is 213 cm³/mol. The highest BCUT2D eigenvalue weighted by atomic mass is 14.9. The maximum atomic E-state index is 5.23. The van der Waals surface area contributed by atoms with Gasteiger partial charge in [0.1, 0.15) is 0 Å². The van der Waals surface area contributed by atoms with Gasteiger partial charge in [0.15, 0.2) is 11.6 Å². The molecular formula is C48H32N4. The minimum atomic E-state index is 0.675. The second-order valence-corrected chi connectivity index (χ2v) is 12.7. The fourth-order valence-electron chi connectivity index (χ4n) is 6.71. The molecule has 0 aliphatic heterocycles. The Morgan fingerprint density at radius 2 is 0.769 bits per heavy atom. The summed E-state index contributed by atoms with van der Waals surface area (Å²) in [4.78, 5) is 20.5. The van der Waals surface area contributed by atoms with Gasteiger partial charge in [0.2, 0.25) is 0 Å². The molecule has 4 heteroatoms. The quantitative estimate of drug-likeness (QED) is 0.170. The lowest BCUT2D eigenvalue weighted by atomic mass is 9.95. The molecule has 0 fully saturated rings. The molecule has 0 saturated carbocycles. The molecule has 9 rings (SSSR count). The minimum Gasteiger partial charge on any atom is -0.228 e. The van der Waals surface area contributed by atoms with Crippen LogP contribution in [0.3, 0.4) is 0 Å². The summed E-state index contributed by atoms with van der Waals surface area (Å²) < 4.78 is 0. The molecule has 0 unspecified atom stereocenters. The summed E-state index contributed by atoms with van der Waals surface area (Å²) in [5.41, 5.74) is 13.1. The number of hydrogen-bond acceptors (Lipinski definition) is 4. The van der Waals surface area contributed by atoms with Gasteiger partial charge in [-0.25, -0.2) is 19.9 Å². The summed E-state index contributed by atoms with van der Waals surface area (Å²) in [6.07, 6.45) is 0. The van der Waals surface area contributed by atoms with Crippen molar-refractivity contribution in [2.75, 3.05) is 0 Å². The van der Waals surface area contributed by atoms with E-state index < -0.39 is 0 Å². The third-order valence-corrected chi connectivity index (χ3v) is 9.33. The van der Waals surface area contributed by atoms with Crippen LogP contribution in [0.25, 0.3) is 89.7 Å². The molecule has 0 radical (unpaired) electrons. The van der Waals surface area contributed by atoms with Gasteiger partial charge in [-0.3, -0.25) is 0 Å². The maximum Gasteiger partial charge on any atom is 0.160 e. The van der Waals surface area contributed by atoms with Crippen molar-refractivity contribution in [3.63, 3.8) is 0 Å². The molecule has 0 aliphatic rings. The van der Waals surface area contributed by atoms with E-state index in [4.69, 9.17) is 19.9 Å². The third-order valence-electron chi connectivity index (χ3n) is 9.33. The Labute approximate surface area is 302 Å². The largest absolute Gasteiger partial charge is 0.228 e. The molecule has 0 atom stereocenters. The summed E-state index contributed by atoms with van der Waals surface area (Å²) in [5, 5.41) is 1.02. The normalized spacial score (nSPS) is 11.1. The summed E-state index contributed by atoms with van der Waals surface area (Å²) in [6, 6.07) is 66.7. The first-order chi connectivity index (χ1) is 25.8.